The molecule has 23 heavy (non-hydrogen) atoms. The molecule has 0 N–H and O–H groups in total. The fourth-order valence-corrected chi connectivity index (χ4v) is 3.83. The molecular formula is C19H23N3O. The van der Waals surface area contributed by atoms with Crippen molar-refractivity contribution in [3.05, 3.63) is 59.2 Å². The predicted molar refractivity (Wildman–Crippen MR) is 89.1 cm³/mol. The minimum absolute atomic E-state index is 0.0652. The molecule has 0 unspecified atom stereocenters. The maximum absolute atomic E-state index is 6.29. The normalized spacial score (nSPS) is 20.4. The van der Waals surface area contributed by atoms with Gasteiger partial charge in [0.2, 0.25) is 0 Å². The van der Waals surface area contributed by atoms with Crippen molar-refractivity contribution >= 4 is 0 Å². The van der Waals surface area contributed by atoms with Gasteiger partial charge >= 0.3 is 0 Å². The average molecular weight is 309 g/mol. The maximum atomic E-state index is 6.29. The largest absolute Gasteiger partial charge is 0.370 e. The zero-order valence-electron chi connectivity index (χ0n) is 13.7. The number of hydrogen-bond acceptors (Lipinski definition) is 4. The van der Waals surface area contributed by atoms with E-state index in [1.165, 1.54) is 11.1 Å². The lowest BCUT2D eigenvalue weighted by atomic mass is 9.79. The van der Waals surface area contributed by atoms with Crippen molar-refractivity contribution in [2.75, 3.05) is 19.7 Å². The lowest BCUT2D eigenvalue weighted by molar-refractivity contribution is -0.0990. The van der Waals surface area contributed by atoms with E-state index in [0.717, 1.165) is 56.9 Å². The van der Waals surface area contributed by atoms with E-state index in [1.807, 2.05) is 19.3 Å². The lowest BCUT2D eigenvalue weighted by Crippen LogP contribution is -2.46. The second-order valence-electron chi connectivity index (χ2n) is 6.68. The molecule has 1 saturated heterocycles. The number of likely N-dealkylation sites (tertiary alicyclic amines) is 1. The number of fused-ring (bicyclic) bond motifs is 2. The van der Waals surface area contributed by atoms with E-state index in [4.69, 9.17) is 4.74 Å². The Hall–Kier alpha value is -1.78. The molecule has 1 fully saturated rings. The van der Waals surface area contributed by atoms with E-state index in [1.54, 1.807) is 0 Å². The summed E-state index contributed by atoms with van der Waals surface area (Å²) in [4.78, 5) is 11.3. The van der Waals surface area contributed by atoms with Gasteiger partial charge in [-0.3, -0.25) is 14.9 Å². The second-order valence-corrected chi connectivity index (χ2v) is 6.68. The summed E-state index contributed by atoms with van der Waals surface area (Å²) in [7, 11) is 0. The number of aryl methyl sites for hydroxylation is 1. The number of rotatable bonds is 2. The van der Waals surface area contributed by atoms with Gasteiger partial charge in [-0.25, -0.2) is 0 Å². The smallest absolute Gasteiger partial charge is 0.0958 e. The number of ether oxygens (including phenoxy) is 1. The van der Waals surface area contributed by atoms with Crippen molar-refractivity contribution in [2.45, 2.75) is 38.3 Å². The molecule has 4 rings (SSSR count). The van der Waals surface area contributed by atoms with Gasteiger partial charge in [-0.1, -0.05) is 24.3 Å². The van der Waals surface area contributed by atoms with E-state index < -0.39 is 0 Å². The van der Waals surface area contributed by atoms with Crippen LogP contribution in [0.15, 0.2) is 36.7 Å². The van der Waals surface area contributed by atoms with Gasteiger partial charge in [0.15, 0.2) is 0 Å². The molecule has 4 heteroatoms. The zero-order chi connectivity index (χ0) is 15.7. The van der Waals surface area contributed by atoms with Crippen molar-refractivity contribution in [3.8, 4) is 0 Å². The molecule has 0 amide bonds. The number of hydrogen-bond donors (Lipinski definition) is 0. The third-order valence-electron chi connectivity index (χ3n) is 5.14. The molecule has 3 heterocycles. The first-order chi connectivity index (χ1) is 11.3. The molecule has 4 nitrogen and oxygen atoms in total. The molecule has 1 spiro atoms. The minimum Gasteiger partial charge on any atom is -0.370 e. The Labute approximate surface area is 137 Å². The first-order valence-corrected chi connectivity index (χ1v) is 8.47. The molecule has 2 aliphatic heterocycles. The molecule has 1 aromatic heterocycles. The van der Waals surface area contributed by atoms with Gasteiger partial charge < -0.3 is 4.74 Å². The lowest BCUT2D eigenvalue weighted by Gasteiger charge is -2.45. The number of benzene rings is 1. The van der Waals surface area contributed by atoms with Gasteiger partial charge in [0.05, 0.1) is 23.6 Å². The van der Waals surface area contributed by atoms with Crippen LogP contribution in [0.5, 0.6) is 0 Å². The summed E-state index contributed by atoms with van der Waals surface area (Å²) in [6.07, 6.45) is 6.90. The molecular weight excluding hydrogens is 286 g/mol. The highest BCUT2D eigenvalue weighted by Gasteiger charge is 2.40. The quantitative estimate of drug-likeness (QED) is 0.855. The molecule has 2 aliphatic rings. The van der Waals surface area contributed by atoms with Gasteiger partial charge in [-0.2, -0.15) is 0 Å². The van der Waals surface area contributed by atoms with Gasteiger partial charge in [0, 0.05) is 32.0 Å². The van der Waals surface area contributed by atoms with Crippen LogP contribution in [0.4, 0.5) is 0 Å². The molecule has 0 saturated carbocycles. The highest BCUT2D eigenvalue weighted by Crippen LogP contribution is 2.41. The van der Waals surface area contributed by atoms with Gasteiger partial charge in [-0.15, -0.1) is 0 Å². The van der Waals surface area contributed by atoms with Crippen LogP contribution in [0.25, 0.3) is 0 Å². The third kappa shape index (κ3) is 2.89. The van der Waals surface area contributed by atoms with E-state index >= 15 is 0 Å². The Kier molecular flexibility index (Phi) is 3.87. The average Bonchev–Trinajstić information content (AvgIpc) is 2.60. The molecule has 0 atom stereocenters. The molecule has 0 bridgehead atoms. The first-order valence-electron chi connectivity index (χ1n) is 8.47. The number of aromatic nitrogens is 2. The van der Waals surface area contributed by atoms with Gasteiger partial charge in [-0.05, 0) is 37.3 Å². The van der Waals surface area contributed by atoms with Crippen molar-refractivity contribution in [1.82, 2.24) is 14.9 Å². The monoisotopic (exact) mass is 309 g/mol. The highest BCUT2D eigenvalue weighted by molar-refractivity contribution is 5.35. The summed E-state index contributed by atoms with van der Waals surface area (Å²) < 4.78 is 6.29. The second kappa shape index (κ2) is 6.02. The van der Waals surface area contributed by atoms with Crippen LogP contribution in [0.1, 0.15) is 35.4 Å². The fourth-order valence-electron chi connectivity index (χ4n) is 3.83. The Morgan fingerprint density at radius 2 is 1.96 bits per heavy atom. The first kappa shape index (κ1) is 14.8. The van der Waals surface area contributed by atoms with Gasteiger partial charge in [0.1, 0.15) is 0 Å². The van der Waals surface area contributed by atoms with Crippen molar-refractivity contribution in [2.24, 2.45) is 0 Å². The van der Waals surface area contributed by atoms with E-state index in [0.29, 0.717) is 0 Å². The van der Waals surface area contributed by atoms with Crippen LogP contribution in [-0.4, -0.2) is 34.6 Å². The van der Waals surface area contributed by atoms with E-state index in [9.17, 15) is 0 Å². The maximum Gasteiger partial charge on any atom is 0.0958 e. The van der Waals surface area contributed by atoms with Crippen LogP contribution in [-0.2, 0) is 23.3 Å². The molecule has 120 valence electrons. The summed E-state index contributed by atoms with van der Waals surface area (Å²) in [5.74, 6) is 0. The van der Waals surface area contributed by atoms with Crippen molar-refractivity contribution < 1.29 is 4.74 Å². The summed E-state index contributed by atoms with van der Waals surface area (Å²) in [5, 5.41) is 0. The zero-order valence-corrected chi connectivity index (χ0v) is 13.7. The number of nitrogens with zero attached hydrogens (tertiary/aromatic N) is 3. The van der Waals surface area contributed by atoms with Crippen molar-refractivity contribution in [3.63, 3.8) is 0 Å². The van der Waals surface area contributed by atoms with Crippen LogP contribution >= 0.6 is 0 Å². The Bertz CT molecular complexity index is 675. The minimum atomic E-state index is -0.0652. The van der Waals surface area contributed by atoms with Crippen LogP contribution in [0.2, 0.25) is 0 Å². The predicted octanol–water partition coefficient (Wildman–Crippen LogP) is 2.85. The summed E-state index contributed by atoms with van der Waals surface area (Å²) in [5.41, 5.74) is 4.84. The van der Waals surface area contributed by atoms with E-state index in [2.05, 4.69) is 39.1 Å². The topological polar surface area (TPSA) is 38.2 Å². The van der Waals surface area contributed by atoms with E-state index in [-0.39, 0.29) is 5.60 Å². The number of piperidine rings is 1. The fraction of sp³-hybridized carbons (Fsp3) is 0.474. The van der Waals surface area contributed by atoms with Crippen LogP contribution in [0, 0.1) is 6.92 Å². The Morgan fingerprint density at radius 3 is 2.74 bits per heavy atom. The Balaban J connectivity index is 1.46. The third-order valence-corrected chi connectivity index (χ3v) is 5.14. The standard InChI is InChI=1S/C19H23N3O/c1-15-12-21-17(13-20-15)14-22-9-7-19(8-10-22)18-5-3-2-4-16(18)6-11-23-19/h2-5,12-13H,6-11,14H2,1H3. The molecule has 2 aromatic rings. The van der Waals surface area contributed by atoms with Crippen LogP contribution in [0.3, 0.4) is 0 Å². The van der Waals surface area contributed by atoms with Gasteiger partial charge in [0.25, 0.3) is 0 Å². The highest BCUT2D eigenvalue weighted by atomic mass is 16.5. The molecule has 1 aromatic carbocycles. The molecule has 0 aliphatic carbocycles. The summed E-state index contributed by atoms with van der Waals surface area (Å²) in [6, 6.07) is 8.80. The SMILES string of the molecule is Cc1cnc(CN2CCC3(CC2)OCCc2ccccc23)cn1. The van der Waals surface area contributed by atoms with Crippen molar-refractivity contribution in [1.29, 1.82) is 0 Å². The summed E-state index contributed by atoms with van der Waals surface area (Å²) in [6.45, 7) is 5.79. The molecule has 0 radical (unpaired) electrons. The summed E-state index contributed by atoms with van der Waals surface area (Å²) >= 11 is 0. The van der Waals surface area contributed by atoms with Crippen LogP contribution < -0.4 is 0 Å². The Morgan fingerprint density at radius 1 is 1.13 bits per heavy atom.